The topological polar surface area (TPSA) is 81.8 Å². The Kier molecular flexibility index (Phi) is 5.55. The van der Waals surface area contributed by atoms with Gasteiger partial charge < -0.3 is 5.32 Å². The lowest BCUT2D eigenvalue weighted by molar-refractivity contribution is -0.122. The van der Waals surface area contributed by atoms with Gasteiger partial charge in [0.15, 0.2) is 0 Å². The highest BCUT2D eigenvalue weighted by Crippen LogP contribution is 2.24. The number of hydrogen-bond donors (Lipinski definition) is 1. The van der Waals surface area contributed by atoms with Crippen molar-refractivity contribution in [3.63, 3.8) is 0 Å². The van der Waals surface area contributed by atoms with Crippen LogP contribution >= 0.6 is 0 Å². The Bertz CT molecular complexity index is 1090. The molecule has 0 aliphatic rings. The van der Waals surface area contributed by atoms with Crippen LogP contribution in [-0.2, 0) is 23.4 Å². The van der Waals surface area contributed by atoms with E-state index in [2.05, 4.69) is 15.5 Å². The van der Waals surface area contributed by atoms with Crippen molar-refractivity contribution >= 4 is 16.8 Å². The van der Waals surface area contributed by atoms with Gasteiger partial charge >= 0.3 is 0 Å². The zero-order valence-electron chi connectivity index (χ0n) is 17.4. The van der Waals surface area contributed by atoms with Crippen molar-refractivity contribution in [1.82, 2.24) is 24.9 Å². The maximum absolute atomic E-state index is 13.1. The molecule has 0 atom stereocenters. The Balaban J connectivity index is 1.92. The van der Waals surface area contributed by atoms with Gasteiger partial charge in [0.25, 0.3) is 5.56 Å². The molecule has 2 heterocycles. The standard InChI is InChI=1S/C21H26FN5O2/c1-13(2)18-16-11-24-27(21(3,4)5)19(16)20(29)26(25-18)12-17(28)23-10-14-6-8-15(22)9-7-14/h6-9,11,13H,10,12H2,1-5H3,(H,23,28). The fourth-order valence-corrected chi connectivity index (χ4v) is 3.13. The smallest absolute Gasteiger partial charge is 0.293 e. The van der Waals surface area contributed by atoms with Gasteiger partial charge in [0, 0.05) is 11.9 Å². The number of nitrogens with one attached hydrogen (secondary N) is 1. The first-order valence-electron chi connectivity index (χ1n) is 9.58. The molecule has 3 rings (SSSR count). The predicted molar refractivity (Wildman–Crippen MR) is 109 cm³/mol. The molecule has 154 valence electrons. The van der Waals surface area contributed by atoms with Crippen LogP contribution in [0.2, 0.25) is 0 Å². The second kappa shape index (κ2) is 7.77. The summed E-state index contributed by atoms with van der Waals surface area (Å²) >= 11 is 0. The maximum atomic E-state index is 13.1. The summed E-state index contributed by atoms with van der Waals surface area (Å²) in [5.74, 6) is -0.621. The lowest BCUT2D eigenvalue weighted by Gasteiger charge is -2.21. The van der Waals surface area contributed by atoms with E-state index in [4.69, 9.17) is 0 Å². The van der Waals surface area contributed by atoms with E-state index >= 15 is 0 Å². The molecule has 1 N–H and O–H groups in total. The summed E-state index contributed by atoms with van der Waals surface area (Å²) in [6.45, 7) is 9.91. The van der Waals surface area contributed by atoms with E-state index < -0.39 is 0 Å². The second-order valence-electron chi connectivity index (χ2n) is 8.40. The van der Waals surface area contributed by atoms with Crippen molar-refractivity contribution in [2.45, 2.75) is 59.2 Å². The summed E-state index contributed by atoms with van der Waals surface area (Å²) in [4.78, 5) is 25.5. The van der Waals surface area contributed by atoms with Gasteiger partial charge in [-0.2, -0.15) is 10.2 Å². The number of nitrogens with zero attached hydrogens (tertiary/aromatic N) is 4. The van der Waals surface area contributed by atoms with E-state index in [9.17, 15) is 14.0 Å². The number of rotatable bonds is 5. The monoisotopic (exact) mass is 399 g/mol. The van der Waals surface area contributed by atoms with Crippen molar-refractivity contribution < 1.29 is 9.18 Å². The van der Waals surface area contributed by atoms with E-state index in [-0.39, 0.29) is 41.8 Å². The SMILES string of the molecule is CC(C)c1nn(CC(=O)NCc2ccc(F)cc2)c(=O)c2c1cnn2C(C)(C)C. The van der Waals surface area contributed by atoms with E-state index in [0.717, 1.165) is 11.3 Å². The molecule has 29 heavy (non-hydrogen) atoms. The molecule has 0 aliphatic heterocycles. The number of amides is 1. The molecule has 0 saturated carbocycles. The highest BCUT2D eigenvalue weighted by molar-refractivity contribution is 5.81. The van der Waals surface area contributed by atoms with Crippen LogP contribution in [0.25, 0.3) is 10.9 Å². The van der Waals surface area contributed by atoms with Gasteiger partial charge in [0.1, 0.15) is 17.9 Å². The van der Waals surface area contributed by atoms with Crippen molar-refractivity contribution in [2.24, 2.45) is 0 Å². The summed E-state index contributed by atoms with van der Waals surface area (Å²) < 4.78 is 15.9. The Morgan fingerprint density at radius 2 is 1.86 bits per heavy atom. The molecule has 3 aromatic rings. The van der Waals surface area contributed by atoms with Gasteiger partial charge in [0.05, 0.1) is 17.4 Å². The third kappa shape index (κ3) is 4.36. The van der Waals surface area contributed by atoms with Crippen molar-refractivity contribution in [3.05, 3.63) is 57.9 Å². The van der Waals surface area contributed by atoms with Crippen LogP contribution < -0.4 is 10.9 Å². The molecular formula is C21H26FN5O2. The molecule has 0 bridgehead atoms. The van der Waals surface area contributed by atoms with E-state index in [0.29, 0.717) is 10.9 Å². The predicted octanol–water partition coefficient (Wildman–Crippen LogP) is 2.93. The van der Waals surface area contributed by atoms with Gasteiger partial charge in [-0.3, -0.25) is 14.3 Å². The number of carbonyl (C=O) groups is 1. The highest BCUT2D eigenvalue weighted by Gasteiger charge is 2.24. The number of fused-ring (bicyclic) bond motifs is 1. The van der Waals surface area contributed by atoms with Crippen molar-refractivity contribution in [2.75, 3.05) is 0 Å². The molecule has 0 aliphatic carbocycles. The fourth-order valence-electron chi connectivity index (χ4n) is 3.13. The minimum atomic E-state index is -0.390. The van der Waals surface area contributed by atoms with E-state index in [1.807, 2.05) is 34.6 Å². The van der Waals surface area contributed by atoms with Gasteiger partial charge in [-0.1, -0.05) is 26.0 Å². The van der Waals surface area contributed by atoms with Crippen LogP contribution in [-0.4, -0.2) is 25.5 Å². The summed E-state index contributed by atoms with van der Waals surface area (Å²) in [6, 6.07) is 5.88. The molecule has 8 heteroatoms. The molecule has 0 radical (unpaired) electrons. The second-order valence-corrected chi connectivity index (χ2v) is 8.40. The fraction of sp³-hybridized carbons (Fsp3) is 0.429. The van der Waals surface area contributed by atoms with Crippen molar-refractivity contribution in [3.8, 4) is 0 Å². The Hall–Kier alpha value is -3.03. The number of aromatic nitrogens is 4. The zero-order chi connectivity index (χ0) is 21.3. The Morgan fingerprint density at radius 3 is 2.45 bits per heavy atom. The first kappa shape index (κ1) is 20.7. The number of benzene rings is 1. The highest BCUT2D eigenvalue weighted by atomic mass is 19.1. The average molecular weight is 399 g/mol. The first-order chi connectivity index (χ1) is 13.6. The summed E-state index contributed by atoms with van der Waals surface area (Å²) in [6.07, 6.45) is 1.67. The van der Waals surface area contributed by atoms with Crippen LogP contribution in [0.5, 0.6) is 0 Å². The molecular weight excluding hydrogens is 373 g/mol. The molecule has 0 unspecified atom stereocenters. The van der Waals surface area contributed by atoms with Crippen LogP contribution in [0.1, 0.15) is 51.8 Å². The third-order valence-corrected chi connectivity index (χ3v) is 4.59. The van der Waals surface area contributed by atoms with Gasteiger partial charge in [0.2, 0.25) is 5.91 Å². The van der Waals surface area contributed by atoms with E-state index in [1.54, 1.807) is 23.0 Å². The molecule has 2 aromatic heterocycles. The van der Waals surface area contributed by atoms with Crippen LogP contribution in [0, 0.1) is 5.82 Å². The van der Waals surface area contributed by atoms with Crippen LogP contribution in [0.15, 0.2) is 35.3 Å². The normalized spacial score (nSPS) is 12.0. The third-order valence-electron chi connectivity index (χ3n) is 4.59. The molecule has 7 nitrogen and oxygen atoms in total. The minimum absolute atomic E-state index is 0.0595. The largest absolute Gasteiger partial charge is 0.350 e. The number of hydrogen-bond acceptors (Lipinski definition) is 4. The van der Waals surface area contributed by atoms with Gasteiger partial charge in [-0.25, -0.2) is 9.07 Å². The number of halogens is 1. The van der Waals surface area contributed by atoms with Crippen LogP contribution in [0.3, 0.4) is 0 Å². The van der Waals surface area contributed by atoms with Crippen molar-refractivity contribution in [1.29, 1.82) is 0 Å². The van der Waals surface area contributed by atoms with Gasteiger partial charge in [-0.05, 0) is 44.4 Å². The molecule has 0 fully saturated rings. The molecule has 1 aromatic carbocycles. The number of carbonyl (C=O) groups excluding carboxylic acids is 1. The summed E-state index contributed by atoms with van der Waals surface area (Å²) in [5, 5.41) is 12.3. The molecule has 0 spiro atoms. The Morgan fingerprint density at radius 1 is 1.21 bits per heavy atom. The average Bonchev–Trinajstić information content (AvgIpc) is 3.09. The lowest BCUT2D eigenvalue weighted by Crippen LogP contribution is -2.36. The lowest BCUT2D eigenvalue weighted by atomic mass is 10.1. The molecule has 0 saturated heterocycles. The molecule has 1 amide bonds. The maximum Gasteiger partial charge on any atom is 0.293 e. The first-order valence-corrected chi connectivity index (χ1v) is 9.58. The minimum Gasteiger partial charge on any atom is -0.350 e. The summed E-state index contributed by atoms with van der Waals surface area (Å²) in [7, 11) is 0. The zero-order valence-corrected chi connectivity index (χ0v) is 17.4. The Labute approximate surface area is 168 Å². The van der Waals surface area contributed by atoms with E-state index in [1.165, 1.54) is 16.8 Å². The van der Waals surface area contributed by atoms with Gasteiger partial charge in [-0.15, -0.1) is 0 Å². The quantitative estimate of drug-likeness (QED) is 0.715. The van der Waals surface area contributed by atoms with Crippen LogP contribution in [0.4, 0.5) is 4.39 Å². The summed E-state index contributed by atoms with van der Waals surface area (Å²) in [5.41, 5.74) is 1.20.